The van der Waals surface area contributed by atoms with Crippen molar-refractivity contribution in [2.45, 2.75) is 27.2 Å². The third kappa shape index (κ3) is 6.78. The van der Waals surface area contributed by atoms with E-state index < -0.39 is 5.91 Å². The lowest BCUT2D eigenvalue weighted by molar-refractivity contribution is 0.0996. The van der Waals surface area contributed by atoms with E-state index >= 15 is 0 Å². The van der Waals surface area contributed by atoms with E-state index in [1.165, 1.54) is 28.8 Å². The van der Waals surface area contributed by atoms with Gasteiger partial charge >= 0.3 is 0 Å². The van der Waals surface area contributed by atoms with Crippen LogP contribution in [0.15, 0.2) is 28.6 Å². The number of hydrogen-bond acceptors (Lipinski definition) is 7. The lowest BCUT2D eigenvalue weighted by atomic mass is 10.1. The largest absolute Gasteiger partial charge is 0.493 e. The van der Waals surface area contributed by atoms with Crippen LogP contribution in [0.4, 0.5) is 0 Å². The number of fused-ring (bicyclic) bond motifs is 1. The van der Waals surface area contributed by atoms with Gasteiger partial charge in [0.15, 0.2) is 0 Å². The maximum Gasteiger partial charge on any atom is 0.268 e. The normalized spacial score (nSPS) is 11.7. The maximum atomic E-state index is 11.0. The van der Waals surface area contributed by atoms with Gasteiger partial charge in [-0.25, -0.2) is 4.98 Å². The molecule has 0 unspecified atom stereocenters. The average Bonchev–Trinajstić information content (AvgIpc) is 3.33. The van der Waals surface area contributed by atoms with Crippen LogP contribution in [0.2, 0.25) is 0 Å². The SMILES string of the molecule is CC.CCN=CSNC.NC(=O)c1csc(-c2ccc3c(c2)CCO3)n1. The lowest BCUT2D eigenvalue weighted by Gasteiger charge is -2.00. The summed E-state index contributed by atoms with van der Waals surface area (Å²) < 4.78 is 8.31. The Morgan fingerprint density at radius 3 is 2.88 bits per heavy atom. The molecule has 142 valence electrons. The van der Waals surface area contributed by atoms with Crippen LogP contribution in [0.3, 0.4) is 0 Å². The maximum absolute atomic E-state index is 11.0. The molecular weight excluding hydrogens is 368 g/mol. The van der Waals surface area contributed by atoms with Crippen molar-refractivity contribution in [2.75, 3.05) is 20.2 Å². The number of carbonyl (C=O) groups is 1. The van der Waals surface area contributed by atoms with E-state index in [-0.39, 0.29) is 0 Å². The number of nitrogens with two attached hydrogens (primary N) is 1. The molecule has 0 saturated heterocycles. The van der Waals surface area contributed by atoms with E-state index in [1.807, 2.05) is 40.0 Å². The second-order valence-electron chi connectivity index (χ2n) is 4.75. The number of primary amides is 1. The minimum atomic E-state index is -0.489. The summed E-state index contributed by atoms with van der Waals surface area (Å²) >= 11 is 2.91. The standard InChI is InChI=1S/C12H10N2O2S.C4H10N2S.C2H6/c13-11(15)9-6-17-12(14-9)8-1-2-10-7(5-8)3-4-16-10;1-3-6-4-7-5-2;1-2/h1-2,5-6H,3-4H2,(H2,13,15);4-5H,3H2,1-2H3;1-2H3. The molecule has 0 fully saturated rings. The van der Waals surface area contributed by atoms with Gasteiger partial charge in [-0.15, -0.1) is 11.3 Å². The Kier molecular flexibility index (Phi) is 10.6. The predicted octanol–water partition coefficient (Wildman–Crippen LogP) is 3.77. The molecule has 6 nitrogen and oxygen atoms in total. The van der Waals surface area contributed by atoms with Crippen molar-refractivity contribution in [1.29, 1.82) is 0 Å². The molecular formula is C18H26N4O2S2. The summed E-state index contributed by atoms with van der Waals surface area (Å²) in [6.07, 6.45) is 0.928. The number of rotatable bonds is 5. The Balaban J connectivity index is 0.000000321. The van der Waals surface area contributed by atoms with E-state index in [1.54, 1.807) is 10.9 Å². The second-order valence-corrected chi connectivity index (χ2v) is 6.46. The molecule has 0 aliphatic carbocycles. The Labute approximate surface area is 163 Å². The van der Waals surface area contributed by atoms with Gasteiger partial charge in [-0.2, -0.15) is 0 Å². The first-order valence-corrected chi connectivity index (χ1v) is 10.2. The number of nitrogens with one attached hydrogen (secondary N) is 1. The molecule has 2 heterocycles. The van der Waals surface area contributed by atoms with Crippen molar-refractivity contribution in [3.63, 3.8) is 0 Å². The molecule has 0 radical (unpaired) electrons. The molecule has 8 heteroatoms. The van der Waals surface area contributed by atoms with E-state index in [4.69, 9.17) is 10.5 Å². The van der Waals surface area contributed by atoms with Gasteiger partial charge in [0.2, 0.25) is 0 Å². The highest BCUT2D eigenvalue weighted by atomic mass is 32.2. The lowest BCUT2D eigenvalue weighted by Crippen LogP contribution is -2.10. The van der Waals surface area contributed by atoms with Crippen LogP contribution in [-0.2, 0) is 6.42 Å². The van der Waals surface area contributed by atoms with Crippen molar-refractivity contribution in [3.8, 4) is 16.3 Å². The number of amides is 1. The topological polar surface area (TPSA) is 89.6 Å². The molecule has 1 aliphatic rings. The Bertz CT molecular complexity index is 717. The minimum Gasteiger partial charge on any atom is -0.493 e. The molecule has 0 atom stereocenters. The summed E-state index contributed by atoms with van der Waals surface area (Å²) in [5, 5.41) is 2.50. The molecule has 0 spiro atoms. The first kappa shape index (κ1) is 22.1. The van der Waals surface area contributed by atoms with Crippen LogP contribution >= 0.6 is 23.3 Å². The third-order valence-electron chi connectivity index (χ3n) is 3.12. The zero-order chi connectivity index (χ0) is 19.4. The van der Waals surface area contributed by atoms with Crippen molar-refractivity contribution in [1.82, 2.24) is 9.71 Å². The fraction of sp³-hybridized carbons (Fsp3) is 0.389. The van der Waals surface area contributed by atoms with Crippen molar-refractivity contribution in [3.05, 3.63) is 34.8 Å². The number of hydrogen-bond donors (Lipinski definition) is 2. The van der Waals surface area contributed by atoms with Crippen molar-refractivity contribution >= 4 is 34.7 Å². The highest BCUT2D eigenvalue weighted by Crippen LogP contribution is 2.31. The van der Waals surface area contributed by atoms with Gasteiger partial charge in [0.1, 0.15) is 16.5 Å². The van der Waals surface area contributed by atoms with Gasteiger partial charge < -0.3 is 10.5 Å². The molecule has 26 heavy (non-hydrogen) atoms. The summed E-state index contributed by atoms with van der Waals surface area (Å²) in [5.74, 6) is 0.456. The molecule has 2 aromatic rings. The Morgan fingerprint density at radius 1 is 1.50 bits per heavy atom. The van der Waals surface area contributed by atoms with Gasteiger partial charge in [0, 0.05) is 23.9 Å². The van der Waals surface area contributed by atoms with Gasteiger partial charge in [-0.3, -0.25) is 14.5 Å². The fourth-order valence-corrected chi connectivity index (χ4v) is 3.14. The average molecular weight is 395 g/mol. The van der Waals surface area contributed by atoms with Crippen LogP contribution in [-0.4, -0.2) is 36.6 Å². The highest BCUT2D eigenvalue weighted by Gasteiger charge is 2.14. The van der Waals surface area contributed by atoms with Gasteiger partial charge in [0.25, 0.3) is 5.91 Å². The van der Waals surface area contributed by atoms with E-state index in [2.05, 4.69) is 20.8 Å². The first-order chi connectivity index (χ1) is 12.7. The predicted molar refractivity (Wildman–Crippen MR) is 112 cm³/mol. The molecule has 1 aromatic carbocycles. The van der Waals surface area contributed by atoms with Crippen molar-refractivity contribution in [2.24, 2.45) is 10.7 Å². The molecule has 3 N–H and O–H groups in total. The highest BCUT2D eigenvalue weighted by molar-refractivity contribution is 8.10. The zero-order valence-electron chi connectivity index (χ0n) is 15.6. The second kappa shape index (κ2) is 12.5. The van der Waals surface area contributed by atoms with E-state index in [9.17, 15) is 4.79 Å². The van der Waals surface area contributed by atoms with Gasteiger partial charge in [-0.1, -0.05) is 13.8 Å². The molecule has 3 rings (SSSR count). The molecule has 1 aromatic heterocycles. The monoisotopic (exact) mass is 394 g/mol. The number of carbonyl (C=O) groups excluding carboxylic acids is 1. The third-order valence-corrected chi connectivity index (χ3v) is 4.50. The Hall–Kier alpha value is -1.90. The molecule has 1 amide bonds. The smallest absolute Gasteiger partial charge is 0.268 e. The number of aliphatic imine (C=N–C) groups is 1. The number of nitrogens with zero attached hydrogens (tertiary/aromatic N) is 2. The summed E-state index contributed by atoms with van der Waals surface area (Å²) in [4.78, 5) is 19.1. The molecule has 0 saturated carbocycles. The van der Waals surface area contributed by atoms with Crippen LogP contribution < -0.4 is 15.2 Å². The van der Waals surface area contributed by atoms with Crippen LogP contribution in [0, 0.1) is 0 Å². The van der Waals surface area contributed by atoms with Crippen LogP contribution in [0.5, 0.6) is 5.75 Å². The fourth-order valence-electron chi connectivity index (χ4n) is 2.00. The van der Waals surface area contributed by atoms with Crippen molar-refractivity contribution < 1.29 is 9.53 Å². The number of benzene rings is 1. The number of thiazole rings is 1. The zero-order valence-corrected chi connectivity index (χ0v) is 17.2. The van der Waals surface area contributed by atoms with Crippen LogP contribution in [0.25, 0.3) is 10.6 Å². The molecule has 0 bridgehead atoms. The first-order valence-electron chi connectivity index (χ1n) is 8.47. The van der Waals surface area contributed by atoms with Crippen LogP contribution in [0.1, 0.15) is 36.8 Å². The number of ether oxygens (including phenoxy) is 1. The quantitative estimate of drug-likeness (QED) is 0.458. The van der Waals surface area contributed by atoms with Gasteiger partial charge in [-0.05, 0) is 49.7 Å². The Morgan fingerprint density at radius 2 is 2.27 bits per heavy atom. The van der Waals surface area contributed by atoms with E-state index in [0.29, 0.717) is 5.69 Å². The minimum absolute atomic E-state index is 0.321. The summed E-state index contributed by atoms with van der Waals surface area (Å²) in [6.45, 7) is 7.62. The summed E-state index contributed by atoms with van der Waals surface area (Å²) in [7, 11) is 1.87. The molecule has 1 aliphatic heterocycles. The summed E-state index contributed by atoms with van der Waals surface area (Å²) in [6, 6.07) is 5.96. The summed E-state index contributed by atoms with van der Waals surface area (Å²) in [5.41, 5.74) is 9.49. The number of aromatic nitrogens is 1. The van der Waals surface area contributed by atoms with E-state index in [0.717, 1.165) is 35.9 Å². The van der Waals surface area contributed by atoms with Gasteiger partial charge in [0.05, 0.1) is 12.2 Å².